The molecule has 22 heavy (non-hydrogen) atoms. The summed E-state index contributed by atoms with van der Waals surface area (Å²) in [6.07, 6.45) is 0. The summed E-state index contributed by atoms with van der Waals surface area (Å²) >= 11 is 0. The summed E-state index contributed by atoms with van der Waals surface area (Å²) < 4.78 is 25.5. The molecule has 0 fully saturated rings. The molecule has 0 atom stereocenters. The first-order valence-corrected chi connectivity index (χ1v) is 8.55. The molecule has 0 bridgehead atoms. The van der Waals surface area contributed by atoms with Crippen LogP contribution in [-0.4, -0.2) is 33.2 Å². The van der Waals surface area contributed by atoms with E-state index in [-0.39, 0.29) is 22.1 Å². The number of anilines is 2. The Hall–Kier alpha value is -2.05. The van der Waals surface area contributed by atoms with Gasteiger partial charge in [0.25, 0.3) is 0 Å². The van der Waals surface area contributed by atoms with Crippen LogP contribution in [0.1, 0.15) is 6.92 Å². The Bertz CT molecular complexity index is 730. The van der Waals surface area contributed by atoms with Crippen molar-refractivity contribution in [2.45, 2.75) is 16.7 Å². The lowest BCUT2D eigenvalue weighted by Gasteiger charge is -2.24. The highest BCUT2D eigenvalue weighted by Crippen LogP contribution is 2.33. The summed E-state index contributed by atoms with van der Waals surface area (Å²) in [6, 6.07) is 13.2. The second kappa shape index (κ2) is 6.81. The van der Waals surface area contributed by atoms with Gasteiger partial charge in [-0.15, -0.1) is 0 Å². The first kappa shape index (κ1) is 16.3. The Morgan fingerprint density at radius 2 is 1.77 bits per heavy atom. The van der Waals surface area contributed by atoms with Gasteiger partial charge in [-0.2, -0.15) is 0 Å². The van der Waals surface area contributed by atoms with Crippen LogP contribution in [0.2, 0.25) is 0 Å². The second-order valence-corrected chi connectivity index (χ2v) is 6.73. The Morgan fingerprint density at radius 1 is 1.09 bits per heavy atom. The predicted molar refractivity (Wildman–Crippen MR) is 87.7 cm³/mol. The fourth-order valence-electron chi connectivity index (χ4n) is 2.34. The number of benzene rings is 2. The van der Waals surface area contributed by atoms with Gasteiger partial charge in [0.1, 0.15) is 0 Å². The molecule has 0 unspecified atom stereocenters. The molecule has 118 valence electrons. The van der Waals surface area contributed by atoms with E-state index in [0.717, 1.165) is 0 Å². The Morgan fingerprint density at radius 3 is 2.36 bits per heavy atom. The number of sulfone groups is 1. The zero-order valence-electron chi connectivity index (χ0n) is 12.4. The molecule has 0 aliphatic carbocycles. The van der Waals surface area contributed by atoms with Gasteiger partial charge >= 0.3 is 0 Å². The van der Waals surface area contributed by atoms with Gasteiger partial charge in [-0.1, -0.05) is 24.3 Å². The number of rotatable bonds is 6. The lowest BCUT2D eigenvalue weighted by Crippen LogP contribution is -2.27. The molecule has 3 N–H and O–H groups in total. The third-order valence-electron chi connectivity index (χ3n) is 3.48. The molecule has 0 radical (unpaired) electrons. The summed E-state index contributed by atoms with van der Waals surface area (Å²) in [5.74, 6) is 0. The van der Waals surface area contributed by atoms with Crippen LogP contribution < -0.4 is 10.6 Å². The smallest absolute Gasteiger partial charge is 0.208 e. The van der Waals surface area contributed by atoms with Gasteiger partial charge < -0.3 is 15.7 Å². The van der Waals surface area contributed by atoms with Crippen LogP contribution in [0, 0.1) is 0 Å². The highest BCUT2D eigenvalue weighted by molar-refractivity contribution is 7.91. The first-order chi connectivity index (χ1) is 10.5. The molecule has 0 saturated heterocycles. The quantitative estimate of drug-likeness (QED) is 0.795. The molecule has 0 aliphatic rings. The topological polar surface area (TPSA) is 83.6 Å². The van der Waals surface area contributed by atoms with Crippen molar-refractivity contribution in [3.63, 3.8) is 0 Å². The molecule has 0 heterocycles. The summed E-state index contributed by atoms with van der Waals surface area (Å²) in [4.78, 5) is 2.15. The Labute approximate surface area is 130 Å². The highest BCUT2D eigenvalue weighted by Gasteiger charge is 2.22. The van der Waals surface area contributed by atoms with E-state index >= 15 is 0 Å². The Kier molecular flexibility index (Phi) is 5.05. The van der Waals surface area contributed by atoms with E-state index in [2.05, 4.69) is 0 Å². The fourth-order valence-corrected chi connectivity index (χ4v) is 3.76. The van der Waals surface area contributed by atoms with Gasteiger partial charge in [0.05, 0.1) is 27.8 Å². The maximum absolute atomic E-state index is 12.7. The van der Waals surface area contributed by atoms with E-state index in [9.17, 15) is 8.42 Å². The average molecular weight is 320 g/mol. The number of para-hydroxylation sites is 1. The molecule has 2 rings (SSSR count). The number of nitrogens with two attached hydrogens (primary N) is 1. The number of aliphatic hydroxyl groups excluding tert-OH is 1. The lowest BCUT2D eigenvalue weighted by atomic mass is 10.2. The van der Waals surface area contributed by atoms with Crippen LogP contribution in [0.5, 0.6) is 0 Å². The van der Waals surface area contributed by atoms with Crippen molar-refractivity contribution < 1.29 is 13.5 Å². The van der Waals surface area contributed by atoms with Crippen molar-refractivity contribution in [1.29, 1.82) is 0 Å². The molecule has 2 aromatic rings. The average Bonchev–Trinajstić information content (AvgIpc) is 2.54. The minimum atomic E-state index is -3.66. The number of likely N-dealkylation sites (N-methyl/N-ethyl adjacent to an activating group) is 1. The van der Waals surface area contributed by atoms with Crippen molar-refractivity contribution in [3.05, 3.63) is 48.5 Å². The summed E-state index contributed by atoms with van der Waals surface area (Å²) in [5, 5.41) is 9.13. The van der Waals surface area contributed by atoms with E-state index in [1.807, 2.05) is 11.8 Å². The lowest BCUT2D eigenvalue weighted by molar-refractivity contribution is 0.302. The van der Waals surface area contributed by atoms with Crippen LogP contribution >= 0.6 is 0 Å². The molecule has 6 heteroatoms. The third-order valence-corrected chi connectivity index (χ3v) is 5.31. The SMILES string of the molecule is CCN(CCO)c1cccc(S(=O)(=O)c2ccccc2)c1N. The van der Waals surface area contributed by atoms with Gasteiger partial charge in [-0.05, 0) is 31.2 Å². The number of hydrogen-bond donors (Lipinski definition) is 2. The van der Waals surface area contributed by atoms with Crippen molar-refractivity contribution in [2.75, 3.05) is 30.3 Å². The van der Waals surface area contributed by atoms with Crippen LogP contribution in [-0.2, 0) is 9.84 Å². The fraction of sp³-hybridized carbons (Fsp3) is 0.250. The van der Waals surface area contributed by atoms with Crippen LogP contribution in [0.25, 0.3) is 0 Å². The third kappa shape index (κ3) is 3.08. The largest absolute Gasteiger partial charge is 0.396 e. The summed E-state index contributed by atoms with van der Waals surface area (Å²) in [5.41, 5.74) is 6.94. The summed E-state index contributed by atoms with van der Waals surface area (Å²) in [6.45, 7) is 2.92. The van der Waals surface area contributed by atoms with E-state index in [4.69, 9.17) is 10.8 Å². The number of nitrogens with zero attached hydrogens (tertiary/aromatic N) is 1. The minimum Gasteiger partial charge on any atom is -0.396 e. The van der Waals surface area contributed by atoms with Gasteiger partial charge in [0.2, 0.25) is 9.84 Å². The minimum absolute atomic E-state index is 0.0249. The molecule has 0 saturated carbocycles. The maximum Gasteiger partial charge on any atom is 0.208 e. The van der Waals surface area contributed by atoms with Gasteiger partial charge in [-0.3, -0.25) is 0 Å². The molecule has 0 aromatic heterocycles. The van der Waals surface area contributed by atoms with Crippen molar-refractivity contribution in [3.8, 4) is 0 Å². The molecular formula is C16H20N2O3S. The number of hydrogen-bond acceptors (Lipinski definition) is 5. The van der Waals surface area contributed by atoms with E-state index in [1.54, 1.807) is 42.5 Å². The predicted octanol–water partition coefficient (Wildman–Crippen LogP) is 1.92. The standard InChI is InChI=1S/C16H20N2O3S/c1-2-18(11-12-19)14-9-6-10-15(16(14)17)22(20,21)13-7-4-3-5-8-13/h3-10,19H,2,11-12,17H2,1H3. The number of nitrogen functional groups attached to an aromatic ring is 1. The van der Waals surface area contributed by atoms with Crippen LogP contribution in [0.4, 0.5) is 11.4 Å². The van der Waals surface area contributed by atoms with Crippen molar-refractivity contribution >= 4 is 21.2 Å². The highest BCUT2D eigenvalue weighted by atomic mass is 32.2. The molecule has 2 aromatic carbocycles. The maximum atomic E-state index is 12.7. The first-order valence-electron chi connectivity index (χ1n) is 7.06. The normalized spacial score (nSPS) is 11.4. The Balaban J connectivity index is 2.54. The van der Waals surface area contributed by atoms with Gasteiger partial charge in [0.15, 0.2) is 0 Å². The van der Waals surface area contributed by atoms with Gasteiger partial charge in [-0.25, -0.2) is 8.42 Å². The zero-order valence-corrected chi connectivity index (χ0v) is 13.3. The van der Waals surface area contributed by atoms with Crippen molar-refractivity contribution in [1.82, 2.24) is 0 Å². The van der Waals surface area contributed by atoms with Gasteiger partial charge in [0, 0.05) is 13.1 Å². The monoisotopic (exact) mass is 320 g/mol. The van der Waals surface area contributed by atoms with Crippen molar-refractivity contribution in [2.24, 2.45) is 0 Å². The van der Waals surface area contributed by atoms with Crippen LogP contribution in [0.15, 0.2) is 58.3 Å². The van der Waals surface area contributed by atoms with E-state index < -0.39 is 9.84 Å². The van der Waals surface area contributed by atoms with E-state index in [0.29, 0.717) is 18.8 Å². The molecule has 0 spiro atoms. The zero-order chi connectivity index (χ0) is 16.2. The van der Waals surface area contributed by atoms with Crippen LogP contribution in [0.3, 0.4) is 0 Å². The molecule has 0 aliphatic heterocycles. The number of aliphatic hydroxyl groups is 1. The second-order valence-electron chi connectivity index (χ2n) is 4.81. The molecule has 0 amide bonds. The molecule has 5 nitrogen and oxygen atoms in total. The summed E-state index contributed by atoms with van der Waals surface area (Å²) in [7, 11) is -3.66. The molecular weight excluding hydrogens is 300 g/mol. The van der Waals surface area contributed by atoms with E-state index in [1.165, 1.54) is 6.07 Å².